The van der Waals surface area contributed by atoms with Gasteiger partial charge in [0.15, 0.2) is 5.83 Å². The summed E-state index contributed by atoms with van der Waals surface area (Å²) >= 11 is 0. The van der Waals surface area contributed by atoms with Gasteiger partial charge in [-0.1, -0.05) is 5.73 Å². The van der Waals surface area contributed by atoms with Crippen molar-refractivity contribution in [3.63, 3.8) is 0 Å². The molecule has 0 aromatic carbocycles. The maximum atomic E-state index is 12.4. The molecule has 0 aliphatic heterocycles. The highest BCUT2D eigenvalue weighted by molar-refractivity contribution is 5.33. The molecule has 1 nitrogen and oxygen atoms in total. The minimum absolute atomic E-state index is 0.101. The molecular formula is C7H5F2O. The average Bonchev–Trinajstić information content (AvgIpc) is 1.94. The van der Waals surface area contributed by atoms with Gasteiger partial charge in [-0.15, -0.1) is 0 Å². The van der Waals surface area contributed by atoms with Crippen LogP contribution in [0.2, 0.25) is 0 Å². The second kappa shape index (κ2) is 2.67. The van der Waals surface area contributed by atoms with Crippen LogP contribution in [0.1, 0.15) is 0 Å². The number of methoxy groups -OCH3 is 1. The van der Waals surface area contributed by atoms with Gasteiger partial charge < -0.3 is 4.74 Å². The van der Waals surface area contributed by atoms with Crippen LogP contribution in [0.15, 0.2) is 29.5 Å². The monoisotopic (exact) mass is 143 g/mol. The smallest absolute Gasteiger partial charge is 0.238 e. The zero-order valence-corrected chi connectivity index (χ0v) is 5.32. The fourth-order valence-electron chi connectivity index (χ4n) is 0.586. The Kier molecular flexibility index (Phi) is 1.88. The van der Waals surface area contributed by atoms with Crippen molar-refractivity contribution in [2.75, 3.05) is 7.11 Å². The van der Waals surface area contributed by atoms with E-state index in [2.05, 4.69) is 10.5 Å². The highest BCUT2D eigenvalue weighted by Crippen LogP contribution is 2.22. The SMILES string of the molecule is COC1=CC(F)=C=C[C]1F. The molecule has 3 heteroatoms. The van der Waals surface area contributed by atoms with E-state index in [1.807, 2.05) is 0 Å². The van der Waals surface area contributed by atoms with E-state index in [0.29, 0.717) is 0 Å². The maximum Gasteiger partial charge on any atom is 0.238 e. The van der Waals surface area contributed by atoms with Gasteiger partial charge in [-0.3, -0.25) is 0 Å². The molecule has 0 amide bonds. The number of ether oxygens (including phenoxy) is 1. The summed E-state index contributed by atoms with van der Waals surface area (Å²) in [6, 6.07) is 0. The van der Waals surface area contributed by atoms with Crippen LogP contribution in [-0.2, 0) is 4.74 Å². The lowest BCUT2D eigenvalue weighted by molar-refractivity contribution is 0.263. The number of hydrogen-bond acceptors (Lipinski definition) is 1. The summed E-state index contributed by atoms with van der Waals surface area (Å²) in [7, 11) is 1.28. The normalized spacial score (nSPS) is 18.3. The van der Waals surface area contributed by atoms with Crippen molar-refractivity contribution in [1.82, 2.24) is 0 Å². The van der Waals surface area contributed by atoms with Crippen molar-refractivity contribution in [2.45, 2.75) is 0 Å². The number of allylic oxidation sites excluding steroid dienone is 2. The molecule has 1 aliphatic carbocycles. The molecule has 0 aromatic heterocycles. The lowest BCUT2D eigenvalue weighted by Gasteiger charge is -2.06. The van der Waals surface area contributed by atoms with Crippen LogP contribution < -0.4 is 0 Å². The van der Waals surface area contributed by atoms with Crippen LogP contribution in [0, 0.1) is 6.17 Å². The third-order valence-electron chi connectivity index (χ3n) is 1.05. The van der Waals surface area contributed by atoms with Crippen molar-refractivity contribution in [3.8, 4) is 0 Å². The van der Waals surface area contributed by atoms with Crippen molar-refractivity contribution in [1.29, 1.82) is 0 Å². The molecule has 0 unspecified atom stereocenters. The number of halogens is 2. The first kappa shape index (κ1) is 7.03. The zero-order chi connectivity index (χ0) is 7.56. The first-order valence-electron chi connectivity index (χ1n) is 2.65. The Balaban J connectivity index is 2.89. The largest absolute Gasteiger partial charge is 0.497 e. The van der Waals surface area contributed by atoms with Crippen LogP contribution in [0.3, 0.4) is 0 Å². The van der Waals surface area contributed by atoms with Crippen LogP contribution in [0.25, 0.3) is 0 Å². The summed E-state index contributed by atoms with van der Waals surface area (Å²) in [6.45, 7) is 0. The second-order valence-corrected chi connectivity index (χ2v) is 1.70. The van der Waals surface area contributed by atoms with Crippen molar-refractivity contribution in [3.05, 3.63) is 35.6 Å². The Bertz CT molecular complexity index is 224. The summed E-state index contributed by atoms with van der Waals surface area (Å²) in [6.07, 6.45) is 1.23. The molecule has 1 radical (unpaired) electrons. The summed E-state index contributed by atoms with van der Waals surface area (Å²) in [5, 5.41) is 0. The fourth-order valence-corrected chi connectivity index (χ4v) is 0.586. The third-order valence-corrected chi connectivity index (χ3v) is 1.05. The Labute approximate surface area is 57.3 Å². The highest BCUT2D eigenvalue weighted by atomic mass is 19.1. The van der Waals surface area contributed by atoms with Gasteiger partial charge in [0, 0.05) is 12.2 Å². The molecule has 0 fully saturated rings. The van der Waals surface area contributed by atoms with E-state index < -0.39 is 12.0 Å². The zero-order valence-electron chi connectivity index (χ0n) is 5.32. The Morgan fingerprint density at radius 3 is 2.70 bits per heavy atom. The van der Waals surface area contributed by atoms with E-state index in [1.165, 1.54) is 7.11 Å². The van der Waals surface area contributed by atoms with E-state index in [1.54, 1.807) is 0 Å². The van der Waals surface area contributed by atoms with E-state index in [9.17, 15) is 8.78 Å². The summed E-state index contributed by atoms with van der Waals surface area (Å²) in [5.74, 6) is -0.727. The summed E-state index contributed by atoms with van der Waals surface area (Å²) in [5.41, 5.74) is 2.05. The van der Waals surface area contributed by atoms with Gasteiger partial charge in [0.25, 0.3) is 0 Å². The molecule has 1 aliphatic rings. The summed E-state index contributed by atoms with van der Waals surface area (Å²) < 4.78 is 29.2. The topological polar surface area (TPSA) is 9.23 Å². The molecule has 0 spiro atoms. The quantitative estimate of drug-likeness (QED) is 0.510. The minimum atomic E-state index is -0.627. The molecule has 0 saturated carbocycles. The van der Waals surface area contributed by atoms with Crippen LogP contribution in [0.4, 0.5) is 8.78 Å². The van der Waals surface area contributed by atoms with Gasteiger partial charge in [0.2, 0.25) is 6.17 Å². The predicted molar refractivity (Wildman–Crippen MR) is 32.1 cm³/mol. The molecule has 0 heterocycles. The minimum Gasteiger partial charge on any atom is -0.497 e. The van der Waals surface area contributed by atoms with E-state index in [0.717, 1.165) is 12.2 Å². The number of hydrogen-bond donors (Lipinski definition) is 0. The Hall–Kier alpha value is -1.08. The van der Waals surface area contributed by atoms with Gasteiger partial charge in [0.1, 0.15) is 5.76 Å². The Morgan fingerprint density at radius 1 is 1.50 bits per heavy atom. The number of rotatable bonds is 1. The van der Waals surface area contributed by atoms with Crippen molar-refractivity contribution >= 4 is 0 Å². The van der Waals surface area contributed by atoms with E-state index in [4.69, 9.17) is 0 Å². The third kappa shape index (κ3) is 1.25. The molecule has 0 N–H and O–H groups in total. The lowest BCUT2D eigenvalue weighted by Crippen LogP contribution is -1.96. The molecule has 1 rings (SSSR count). The van der Waals surface area contributed by atoms with Gasteiger partial charge >= 0.3 is 0 Å². The molecule has 0 aromatic rings. The van der Waals surface area contributed by atoms with Crippen molar-refractivity contribution in [2.24, 2.45) is 0 Å². The molecule has 53 valence electrons. The van der Waals surface area contributed by atoms with E-state index >= 15 is 0 Å². The molecule has 0 saturated heterocycles. The average molecular weight is 143 g/mol. The molecule has 0 bridgehead atoms. The first-order chi connectivity index (χ1) is 4.74. The molecule has 0 atom stereocenters. The highest BCUT2D eigenvalue weighted by Gasteiger charge is 2.15. The van der Waals surface area contributed by atoms with Gasteiger partial charge in [-0.2, -0.15) is 4.39 Å². The van der Waals surface area contributed by atoms with Crippen LogP contribution in [-0.4, -0.2) is 7.11 Å². The molecule has 10 heavy (non-hydrogen) atoms. The predicted octanol–water partition coefficient (Wildman–Crippen LogP) is 2.04. The van der Waals surface area contributed by atoms with Gasteiger partial charge in [-0.25, -0.2) is 4.39 Å². The van der Waals surface area contributed by atoms with Gasteiger partial charge in [-0.05, 0) is 0 Å². The second-order valence-electron chi connectivity index (χ2n) is 1.70. The maximum absolute atomic E-state index is 12.4. The first-order valence-corrected chi connectivity index (χ1v) is 2.65. The fraction of sp³-hybridized carbons (Fsp3) is 0.143. The molecular weight excluding hydrogens is 138 g/mol. The Morgan fingerprint density at radius 2 is 2.20 bits per heavy atom. The lowest BCUT2D eigenvalue weighted by atomic mass is 10.2. The van der Waals surface area contributed by atoms with Crippen LogP contribution in [0.5, 0.6) is 0 Å². The summed E-state index contributed by atoms with van der Waals surface area (Å²) in [4.78, 5) is 0. The van der Waals surface area contributed by atoms with Crippen LogP contribution >= 0.6 is 0 Å². The van der Waals surface area contributed by atoms with Gasteiger partial charge in [0.05, 0.1) is 7.11 Å². The van der Waals surface area contributed by atoms with E-state index in [-0.39, 0.29) is 5.76 Å². The van der Waals surface area contributed by atoms with Crippen molar-refractivity contribution < 1.29 is 13.5 Å². The standard InChI is InChI=1S/C7H5F2O/c1-10-7-4-5(8)2-3-6(7)9/h3-4H,1H3.